The number of amides is 2. The highest BCUT2D eigenvalue weighted by Gasteiger charge is 2.60. The molecule has 0 aromatic rings. The Morgan fingerprint density at radius 3 is 2.46 bits per heavy atom. The summed E-state index contributed by atoms with van der Waals surface area (Å²) >= 11 is 1.45. The second kappa shape index (κ2) is 6.24. The zero-order valence-electron chi connectivity index (χ0n) is 15.4. The summed E-state index contributed by atoms with van der Waals surface area (Å²) in [5.74, 6) is -2.53. The van der Waals surface area contributed by atoms with Gasteiger partial charge in [0.25, 0.3) is 5.91 Å². The van der Waals surface area contributed by atoms with E-state index in [2.05, 4.69) is 0 Å². The molecule has 26 heavy (non-hydrogen) atoms. The Kier molecular flexibility index (Phi) is 4.61. The number of hydrogen-bond acceptors (Lipinski definition) is 5. The molecule has 0 unspecified atom stereocenters. The third kappa shape index (κ3) is 2.73. The van der Waals surface area contributed by atoms with Gasteiger partial charge in [-0.1, -0.05) is 6.92 Å². The summed E-state index contributed by atoms with van der Waals surface area (Å²) in [4.78, 5) is 37.9. The first-order chi connectivity index (χ1) is 12.0. The lowest BCUT2D eigenvalue weighted by Crippen LogP contribution is -2.63. The number of fused-ring (bicyclic) bond motifs is 1. The number of nitrogens with zero attached hydrogens (tertiary/aromatic N) is 2. The molecule has 3 rings (SSSR count). The van der Waals surface area contributed by atoms with Gasteiger partial charge in [-0.25, -0.2) is 4.79 Å². The van der Waals surface area contributed by atoms with Crippen LogP contribution in [0.1, 0.15) is 20.3 Å². The Hall–Kier alpha value is -1.58. The minimum atomic E-state index is -1.13. The van der Waals surface area contributed by atoms with Crippen LogP contribution in [0.4, 0.5) is 0 Å². The standard InChI is InChI=1S/C17H25N3O5S/c1-7-12-11(8(2)21)16(23)19(12)13(17(24)25)14(7)26-9-5-10(15(18)22)20(3,4)6-9/h7-12,21H,5-6H2,1-4H3,(H2-,18,22,24,25)/p+1/t7-,8-,9+,10-,11-,12-/m1/s1. The number of β-lactam (4-membered cyclic amide) rings is 1. The van der Waals surface area contributed by atoms with Gasteiger partial charge in [-0.3, -0.25) is 9.59 Å². The normalized spacial score (nSPS) is 36.7. The van der Waals surface area contributed by atoms with Gasteiger partial charge < -0.3 is 25.3 Å². The second-order valence-electron chi connectivity index (χ2n) is 8.13. The summed E-state index contributed by atoms with van der Waals surface area (Å²) in [6.07, 6.45) is -0.235. The molecule has 0 aromatic heterocycles. The maximum Gasteiger partial charge on any atom is 0.353 e. The number of aliphatic hydroxyl groups is 1. The molecule has 2 saturated heterocycles. The SMILES string of the molecule is C[C@@H](O)[C@H]1C(=O)N2C(C(=O)O)=C(S[C@H]3C[C@H](C(N)=O)[N+](C)(C)C3)[C@H](C)[C@H]12. The van der Waals surface area contributed by atoms with Gasteiger partial charge in [0.1, 0.15) is 5.70 Å². The number of nitrogens with two attached hydrogens (primary N) is 1. The highest BCUT2D eigenvalue weighted by molar-refractivity contribution is 8.03. The Morgan fingerprint density at radius 2 is 2.00 bits per heavy atom. The van der Waals surface area contributed by atoms with Crippen molar-refractivity contribution in [2.75, 3.05) is 20.6 Å². The highest BCUT2D eigenvalue weighted by Crippen LogP contribution is 2.52. The molecule has 0 aliphatic carbocycles. The number of aliphatic carboxylic acids is 1. The number of carbonyl (C=O) groups excluding carboxylic acids is 2. The molecule has 4 N–H and O–H groups in total. The van der Waals surface area contributed by atoms with Crippen molar-refractivity contribution in [3.8, 4) is 0 Å². The number of carboxylic acids is 1. The summed E-state index contributed by atoms with van der Waals surface area (Å²) in [5, 5.41) is 19.6. The van der Waals surface area contributed by atoms with Gasteiger partial charge in [0.05, 0.1) is 44.0 Å². The predicted molar refractivity (Wildman–Crippen MR) is 95.6 cm³/mol. The summed E-state index contributed by atoms with van der Waals surface area (Å²) in [5.41, 5.74) is 5.55. The maximum atomic E-state index is 12.4. The topological polar surface area (TPSA) is 121 Å². The third-order valence-electron chi connectivity index (χ3n) is 5.94. The fraction of sp³-hybridized carbons (Fsp3) is 0.706. The third-order valence-corrected chi connectivity index (χ3v) is 7.43. The molecular formula is C17H26N3O5S+. The first-order valence-corrected chi connectivity index (χ1v) is 9.62. The molecule has 0 saturated carbocycles. The minimum Gasteiger partial charge on any atom is -0.477 e. The molecule has 0 aromatic carbocycles. The van der Waals surface area contributed by atoms with E-state index >= 15 is 0 Å². The van der Waals surface area contributed by atoms with Crippen molar-refractivity contribution < 1.29 is 29.1 Å². The molecule has 2 fully saturated rings. The molecular weight excluding hydrogens is 358 g/mol. The molecule has 3 heterocycles. The van der Waals surface area contributed by atoms with Gasteiger partial charge in [-0.2, -0.15) is 0 Å². The van der Waals surface area contributed by atoms with E-state index in [4.69, 9.17) is 5.73 Å². The Morgan fingerprint density at radius 1 is 1.38 bits per heavy atom. The van der Waals surface area contributed by atoms with Gasteiger partial charge in [0.15, 0.2) is 6.04 Å². The van der Waals surface area contributed by atoms with Crippen LogP contribution in [0.2, 0.25) is 0 Å². The van der Waals surface area contributed by atoms with Gasteiger partial charge >= 0.3 is 5.97 Å². The van der Waals surface area contributed by atoms with Gasteiger partial charge in [0, 0.05) is 17.2 Å². The van der Waals surface area contributed by atoms with Crippen LogP contribution in [-0.2, 0) is 14.4 Å². The average molecular weight is 384 g/mol. The Balaban J connectivity index is 1.87. The molecule has 3 aliphatic heterocycles. The Bertz CT molecular complexity index is 705. The zero-order chi connectivity index (χ0) is 19.5. The first kappa shape index (κ1) is 19.2. The zero-order valence-corrected chi connectivity index (χ0v) is 16.2. The van der Waals surface area contributed by atoms with E-state index < -0.39 is 18.0 Å². The summed E-state index contributed by atoms with van der Waals surface area (Å²) in [6.45, 7) is 4.16. The lowest BCUT2D eigenvalue weighted by atomic mass is 9.79. The van der Waals surface area contributed by atoms with E-state index in [0.29, 0.717) is 22.4 Å². The molecule has 0 radical (unpaired) electrons. The van der Waals surface area contributed by atoms with E-state index in [-0.39, 0.29) is 40.8 Å². The van der Waals surface area contributed by atoms with Gasteiger partial charge in [-0.05, 0) is 6.92 Å². The van der Waals surface area contributed by atoms with Crippen LogP contribution in [0, 0.1) is 11.8 Å². The van der Waals surface area contributed by atoms with E-state index in [1.165, 1.54) is 16.7 Å². The fourth-order valence-corrected chi connectivity index (χ4v) is 6.41. The van der Waals surface area contributed by atoms with Crippen molar-refractivity contribution >= 4 is 29.5 Å². The van der Waals surface area contributed by atoms with Crippen molar-refractivity contribution in [1.29, 1.82) is 0 Å². The number of primary amides is 1. The largest absolute Gasteiger partial charge is 0.477 e. The van der Waals surface area contributed by atoms with Crippen LogP contribution in [-0.4, -0.2) is 81.5 Å². The number of quaternary nitrogens is 1. The van der Waals surface area contributed by atoms with Gasteiger partial charge in [0.2, 0.25) is 5.91 Å². The van der Waals surface area contributed by atoms with Gasteiger partial charge in [-0.15, -0.1) is 11.8 Å². The van der Waals surface area contributed by atoms with E-state index in [1.807, 2.05) is 21.0 Å². The van der Waals surface area contributed by atoms with Crippen molar-refractivity contribution in [2.24, 2.45) is 17.6 Å². The van der Waals surface area contributed by atoms with E-state index in [9.17, 15) is 24.6 Å². The highest BCUT2D eigenvalue weighted by atomic mass is 32.2. The van der Waals surface area contributed by atoms with E-state index in [0.717, 1.165) is 0 Å². The smallest absolute Gasteiger partial charge is 0.353 e. The number of carbonyl (C=O) groups is 3. The number of likely N-dealkylation sites (tertiary alicyclic amines) is 1. The van der Waals surface area contributed by atoms with Crippen LogP contribution in [0.25, 0.3) is 0 Å². The molecule has 6 atom stereocenters. The molecule has 9 heteroatoms. The fourth-order valence-electron chi connectivity index (χ4n) is 4.67. The minimum absolute atomic E-state index is 0.0298. The number of aliphatic hydroxyl groups excluding tert-OH is 1. The molecule has 3 aliphatic rings. The van der Waals surface area contributed by atoms with Crippen molar-refractivity contribution in [1.82, 2.24) is 4.90 Å². The predicted octanol–water partition coefficient (Wildman–Crippen LogP) is -0.424. The second-order valence-corrected chi connectivity index (χ2v) is 9.47. The van der Waals surface area contributed by atoms with Crippen molar-refractivity contribution in [2.45, 2.75) is 43.7 Å². The van der Waals surface area contributed by atoms with Crippen LogP contribution >= 0.6 is 11.8 Å². The van der Waals surface area contributed by atoms with Crippen molar-refractivity contribution in [3.05, 3.63) is 10.6 Å². The molecule has 8 nitrogen and oxygen atoms in total. The maximum absolute atomic E-state index is 12.4. The number of rotatable bonds is 5. The number of hydrogen-bond donors (Lipinski definition) is 3. The van der Waals surface area contributed by atoms with Crippen LogP contribution < -0.4 is 5.73 Å². The lowest BCUT2D eigenvalue weighted by Gasteiger charge is -2.46. The molecule has 144 valence electrons. The number of carboxylic acid groups (broad SMARTS) is 1. The van der Waals surface area contributed by atoms with Crippen LogP contribution in [0.15, 0.2) is 10.6 Å². The molecule has 0 bridgehead atoms. The summed E-state index contributed by atoms with van der Waals surface area (Å²) < 4.78 is 0.472. The molecule has 0 spiro atoms. The quantitative estimate of drug-likeness (QED) is 0.437. The lowest BCUT2D eigenvalue weighted by molar-refractivity contribution is -0.892. The molecule has 2 amide bonds. The number of thioether (sulfide) groups is 1. The summed E-state index contributed by atoms with van der Waals surface area (Å²) in [6, 6.07) is -0.617. The average Bonchev–Trinajstić information content (AvgIpc) is 2.92. The number of likely N-dealkylation sites (N-methyl/N-ethyl adjacent to an activating group) is 1. The van der Waals surface area contributed by atoms with Crippen molar-refractivity contribution in [3.63, 3.8) is 0 Å². The monoisotopic (exact) mass is 384 g/mol. The van der Waals surface area contributed by atoms with Crippen LogP contribution in [0.3, 0.4) is 0 Å². The Labute approximate surface area is 156 Å². The van der Waals surface area contributed by atoms with E-state index in [1.54, 1.807) is 6.92 Å². The first-order valence-electron chi connectivity index (χ1n) is 8.74. The van der Waals surface area contributed by atoms with Crippen LogP contribution in [0.5, 0.6) is 0 Å². The summed E-state index contributed by atoms with van der Waals surface area (Å²) in [7, 11) is 3.89.